The number of rotatable bonds is 5. The third-order valence-electron chi connectivity index (χ3n) is 2.11. The normalized spacial score (nSPS) is 12.8. The van der Waals surface area contributed by atoms with Crippen LogP contribution in [0.5, 0.6) is 0 Å². The molecule has 0 amide bonds. The van der Waals surface area contributed by atoms with Crippen molar-refractivity contribution in [3.8, 4) is 0 Å². The maximum Gasteiger partial charge on any atom is 0.0468 e. The summed E-state index contributed by atoms with van der Waals surface area (Å²) in [6.45, 7) is 5.88. The zero-order chi connectivity index (χ0) is 10.4. The molecule has 0 aliphatic carbocycles. The molecule has 0 aliphatic heterocycles. The van der Waals surface area contributed by atoms with Crippen molar-refractivity contribution in [1.29, 1.82) is 0 Å². The first-order valence-electron chi connectivity index (χ1n) is 4.95. The molecule has 0 saturated carbocycles. The van der Waals surface area contributed by atoms with E-state index in [1.807, 2.05) is 26.1 Å². The Bertz CT molecular complexity index is 258. The molecule has 2 N–H and O–H groups in total. The molecule has 0 bridgehead atoms. The molecule has 0 aliphatic rings. The van der Waals surface area contributed by atoms with Crippen LogP contribution in [0.1, 0.15) is 18.2 Å². The van der Waals surface area contributed by atoms with Gasteiger partial charge in [-0.2, -0.15) is 0 Å². The summed E-state index contributed by atoms with van der Waals surface area (Å²) in [6, 6.07) is 4.07. The molecule has 1 aromatic heterocycles. The standard InChI is InChI=1S/C11H18N2O/c1-9(8-14)5-12-6-11-4-3-10(2)13-7-11/h3-4,7,9,12,14H,5-6,8H2,1-2H3. The van der Waals surface area contributed by atoms with Crippen molar-refractivity contribution in [2.75, 3.05) is 13.2 Å². The van der Waals surface area contributed by atoms with Gasteiger partial charge in [0, 0.05) is 31.6 Å². The molecule has 1 atom stereocenters. The average Bonchev–Trinajstić information content (AvgIpc) is 2.21. The molecular weight excluding hydrogens is 176 g/mol. The number of aliphatic hydroxyl groups excluding tert-OH is 1. The lowest BCUT2D eigenvalue weighted by atomic mass is 10.2. The lowest BCUT2D eigenvalue weighted by Crippen LogP contribution is -2.22. The van der Waals surface area contributed by atoms with Gasteiger partial charge in [0.15, 0.2) is 0 Å². The maximum absolute atomic E-state index is 8.82. The quantitative estimate of drug-likeness (QED) is 0.738. The minimum absolute atomic E-state index is 0.235. The lowest BCUT2D eigenvalue weighted by molar-refractivity contribution is 0.233. The van der Waals surface area contributed by atoms with Gasteiger partial charge < -0.3 is 10.4 Å². The second-order valence-electron chi connectivity index (χ2n) is 3.73. The zero-order valence-corrected chi connectivity index (χ0v) is 8.83. The summed E-state index contributed by atoms with van der Waals surface area (Å²) in [5.41, 5.74) is 2.22. The second-order valence-corrected chi connectivity index (χ2v) is 3.73. The number of nitrogens with zero attached hydrogens (tertiary/aromatic N) is 1. The van der Waals surface area contributed by atoms with Crippen molar-refractivity contribution >= 4 is 0 Å². The fraction of sp³-hybridized carbons (Fsp3) is 0.545. The summed E-state index contributed by atoms with van der Waals surface area (Å²) in [5, 5.41) is 12.1. The summed E-state index contributed by atoms with van der Waals surface area (Å²) in [5.74, 6) is 0.313. The van der Waals surface area contributed by atoms with Gasteiger partial charge in [0.05, 0.1) is 0 Å². The van der Waals surface area contributed by atoms with E-state index in [-0.39, 0.29) is 6.61 Å². The van der Waals surface area contributed by atoms with Crippen LogP contribution in [-0.2, 0) is 6.54 Å². The molecule has 14 heavy (non-hydrogen) atoms. The molecule has 0 radical (unpaired) electrons. The Morgan fingerprint density at radius 2 is 2.29 bits per heavy atom. The summed E-state index contributed by atoms with van der Waals surface area (Å²) in [4.78, 5) is 4.21. The SMILES string of the molecule is Cc1ccc(CNCC(C)CO)cn1. The lowest BCUT2D eigenvalue weighted by Gasteiger charge is -2.09. The van der Waals surface area contributed by atoms with E-state index < -0.39 is 0 Å². The van der Waals surface area contributed by atoms with Gasteiger partial charge in [-0.25, -0.2) is 0 Å². The summed E-state index contributed by atoms with van der Waals surface area (Å²) < 4.78 is 0. The second kappa shape index (κ2) is 5.73. The van der Waals surface area contributed by atoms with Gasteiger partial charge in [-0.05, 0) is 24.5 Å². The van der Waals surface area contributed by atoms with Crippen molar-refractivity contribution in [3.63, 3.8) is 0 Å². The average molecular weight is 194 g/mol. The van der Waals surface area contributed by atoms with Crippen molar-refractivity contribution < 1.29 is 5.11 Å². The predicted molar refractivity (Wildman–Crippen MR) is 56.9 cm³/mol. The number of aryl methyl sites for hydroxylation is 1. The van der Waals surface area contributed by atoms with Crippen LogP contribution in [0.4, 0.5) is 0 Å². The molecule has 0 fully saturated rings. The number of pyridine rings is 1. The molecule has 0 spiro atoms. The highest BCUT2D eigenvalue weighted by Gasteiger charge is 1.98. The highest BCUT2D eigenvalue weighted by Crippen LogP contribution is 1.99. The van der Waals surface area contributed by atoms with Crippen molar-refractivity contribution in [2.45, 2.75) is 20.4 Å². The summed E-state index contributed by atoms with van der Waals surface area (Å²) >= 11 is 0. The van der Waals surface area contributed by atoms with Gasteiger partial charge in [0.1, 0.15) is 0 Å². The van der Waals surface area contributed by atoms with E-state index in [4.69, 9.17) is 5.11 Å². The molecule has 0 aromatic carbocycles. The number of aliphatic hydroxyl groups is 1. The Hall–Kier alpha value is -0.930. The van der Waals surface area contributed by atoms with Gasteiger partial charge in [-0.1, -0.05) is 13.0 Å². The first-order valence-corrected chi connectivity index (χ1v) is 4.95. The molecule has 3 nitrogen and oxygen atoms in total. The number of hydrogen-bond donors (Lipinski definition) is 2. The van der Waals surface area contributed by atoms with E-state index in [1.165, 1.54) is 5.56 Å². The van der Waals surface area contributed by atoms with Crippen LogP contribution in [0.3, 0.4) is 0 Å². The van der Waals surface area contributed by atoms with Crippen LogP contribution in [0.25, 0.3) is 0 Å². The van der Waals surface area contributed by atoms with Crippen LogP contribution >= 0.6 is 0 Å². The zero-order valence-electron chi connectivity index (χ0n) is 8.83. The number of aromatic nitrogens is 1. The molecule has 0 saturated heterocycles. The summed E-state index contributed by atoms with van der Waals surface area (Å²) in [7, 11) is 0. The van der Waals surface area contributed by atoms with E-state index >= 15 is 0 Å². The van der Waals surface area contributed by atoms with Crippen LogP contribution in [0.15, 0.2) is 18.3 Å². The Balaban J connectivity index is 2.28. The molecule has 1 rings (SSSR count). The Kier molecular flexibility index (Phi) is 4.56. The fourth-order valence-corrected chi connectivity index (χ4v) is 1.13. The minimum atomic E-state index is 0.235. The number of nitrogens with one attached hydrogen (secondary N) is 1. The first kappa shape index (κ1) is 11.1. The van der Waals surface area contributed by atoms with E-state index in [9.17, 15) is 0 Å². The third-order valence-corrected chi connectivity index (χ3v) is 2.11. The number of hydrogen-bond acceptors (Lipinski definition) is 3. The van der Waals surface area contributed by atoms with Crippen LogP contribution in [0, 0.1) is 12.8 Å². The van der Waals surface area contributed by atoms with Gasteiger partial charge >= 0.3 is 0 Å². The van der Waals surface area contributed by atoms with Crippen LogP contribution < -0.4 is 5.32 Å². The molecule has 78 valence electrons. The van der Waals surface area contributed by atoms with Gasteiger partial charge in [-0.15, -0.1) is 0 Å². The van der Waals surface area contributed by atoms with E-state index in [0.717, 1.165) is 18.8 Å². The van der Waals surface area contributed by atoms with Crippen molar-refractivity contribution in [3.05, 3.63) is 29.6 Å². The third kappa shape index (κ3) is 3.85. The largest absolute Gasteiger partial charge is 0.396 e. The molecule has 1 aromatic rings. The van der Waals surface area contributed by atoms with E-state index in [0.29, 0.717) is 5.92 Å². The van der Waals surface area contributed by atoms with E-state index in [1.54, 1.807) is 0 Å². The van der Waals surface area contributed by atoms with Crippen LogP contribution in [-0.4, -0.2) is 23.2 Å². The Labute approximate surface area is 85.2 Å². The maximum atomic E-state index is 8.82. The fourth-order valence-electron chi connectivity index (χ4n) is 1.13. The minimum Gasteiger partial charge on any atom is -0.396 e. The van der Waals surface area contributed by atoms with E-state index in [2.05, 4.69) is 16.4 Å². The monoisotopic (exact) mass is 194 g/mol. The van der Waals surface area contributed by atoms with Gasteiger partial charge in [-0.3, -0.25) is 4.98 Å². The summed E-state index contributed by atoms with van der Waals surface area (Å²) in [6.07, 6.45) is 1.88. The molecule has 1 unspecified atom stereocenters. The van der Waals surface area contributed by atoms with Gasteiger partial charge in [0.2, 0.25) is 0 Å². The van der Waals surface area contributed by atoms with Crippen molar-refractivity contribution in [1.82, 2.24) is 10.3 Å². The smallest absolute Gasteiger partial charge is 0.0468 e. The van der Waals surface area contributed by atoms with Crippen molar-refractivity contribution in [2.24, 2.45) is 5.92 Å². The Morgan fingerprint density at radius 1 is 1.50 bits per heavy atom. The predicted octanol–water partition coefficient (Wildman–Crippen LogP) is 1.11. The topological polar surface area (TPSA) is 45.1 Å². The highest BCUT2D eigenvalue weighted by atomic mass is 16.3. The molecule has 3 heteroatoms. The van der Waals surface area contributed by atoms with Gasteiger partial charge in [0.25, 0.3) is 0 Å². The Morgan fingerprint density at radius 3 is 2.86 bits per heavy atom. The van der Waals surface area contributed by atoms with Crippen LogP contribution in [0.2, 0.25) is 0 Å². The highest BCUT2D eigenvalue weighted by molar-refractivity contribution is 5.12. The molecule has 1 heterocycles. The first-order chi connectivity index (χ1) is 6.72. The molecular formula is C11H18N2O.